The van der Waals surface area contributed by atoms with Crippen molar-refractivity contribution >= 4 is 39.2 Å². The number of fused-ring (bicyclic) bond motifs is 1. The minimum absolute atomic E-state index is 0.0935. The molecule has 2 amide bonds. The minimum Gasteiger partial charge on any atom is -0.444 e. The third-order valence-corrected chi connectivity index (χ3v) is 6.68. The number of hydrogen-bond acceptors (Lipinski definition) is 6. The van der Waals surface area contributed by atoms with Crippen molar-refractivity contribution in [2.24, 2.45) is 5.73 Å². The van der Waals surface area contributed by atoms with Crippen LogP contribution in [0.15, 0.2) is 6.07 Å². The van der Waals surface area contributed by atoms with Crippen molar-refractivity contribution < 1.29 is 18.7 Å². The summed E-state index contributed by atoms with van der Waals surface area (Å²) >= 11 is 1.28. The molecule has 2 heterocycles. The Morgan fingerprint density at radius 2 is 1.84 bits per heavy atom. The number of piperidine rings is 1. The summed E-state index contributed by atoms with van der Waals surface area (Å²) in [6.45, 7) is 8.80. The molecule has 4 rings (SSSR count). The molecule has 1 saturated carbocycles. The first-order valence-corrected chi connectivity index (χ1v) is 11.5. The normalized spacial score (nSPS) is 17.8. The number of benzene rings is 1. The largest absolute Gasteiger partial charge is 0.444 e. The van der Waals surface area contributed by atoms with Crippen LogP contribution in [0, 0.1) is 12.7 Å². The predicted octanol–water partition coefficient (Wildman–Crippen LogP) is 4.21. The summed E-state index contributed by atoms with van der Waals surface area (Å²) in [5, 5.41) is 0.754. The molecule has 0 spiro atoms. The predicted molar refractivity (Wildman–Crippen MR) is 119 cm³/mol. The number of nitrogens with zero attached hydrogens (tertiary/aromatic N) is 3. The fourth-order valence-electron chi connectivity index (χ4n) is 4.26. The first-order valence-electron chi connectivity index (χ1n) is 10.7. The second-order valence-electron chi connectivity index (χ2n) is 9.36. The SMILES string of the molecule is Cc1nc2c(N3CCC(N(C(=O)OC(C)(C)C)C4CC4)CC3)cc(F)c(C(N)=O)c2s1. The quantitative estimate of drug-likeness (QED) is 0.757. The Hall–Kier alpha value is -2.42. The van der Waals surface area contributed by atoms with E-state index in [9.17, 15) is 14.0 Å². The molecule has 0 atom stereocenters. The fraction of sp³-hybridized carbons (Fsp3) is 0.591. The molecular formula is C22H29FN4O3S. The number of amides is 2. The number of carbonyl (C=O) groups excluding carboxylic acids is 2. The van der Waals surface area contributed by atoms with Crippen LogP contribution in [0.25, 0.3) is 10.2 Å². The van der Waals surface area contributed by atoms with Crippen LogP contribution >= 0.6 is 11.3 Å². The van der Waals surface area contributed by atoms with Crippen LogP contribution in [0.1, 0.15) is 61.8 Å². The van der Waals surface area contributed by atoms with E-state index in [1.807, 2.05) is 32.6 Å². The average Bonchev–Trinajstić information content (AvgIpc) is 3.40. The molecule has 0 radical (unpaired) electrons. The van der Waals surface area contributed by atoms with Gasteiger partial charge in [0.2, 0.25) is 0 Å². The van der Waals surface area contributed by atoms with Gasteiger partial charge < -0.3 is 20.3 Å². The fourth-order valence-corrected chi connectivity index (χ4v) is 5.24. The number of primary amides is 1. The van der Waals surface area contributed by atoms with Crippen LogP contribution in [-0.2, 0) is 4.74 Å². The summed E-state index contributed by atoms with van der Waals surface area (Å²) in [4.78, 5) is 33.1. The number of anilines is 1. The van der Waals surface area contributed by atoms with Crippen LogP contribution in [-0.4, -0.2) is 52.7 Å². The summed E-state index contributed by atoms with van der Waals surface area (Å²) in [5.41, 5.74) is 6.08. The van der Waals surface area contributed by atoms with Gasteiger partial charge in [-0.15, -0.1) is 11.3 Å². The maximum absolute atomic E-state index is 14.8. The Balaban J connectivity index is 1.55. The molecule has 9 heteroatoms. The highest BCUT2D eigenvalue weighted by atomic mass is 32.1. The van der Waals surface area contributed by atoms with E-state index >= 15 is 0 Å². The van der Waals surface area contributed by atoms with E-state index in [2.05, 4.69) is 9.88 Å². The molecule has 2 aliphatic rings. The Kier molecular flexibility index (Phi) is 5.57. The molecule has 1 aromatic carbocycles. The molecule has 7 nitrogen and oxygen atoms in total. The van der Waals surface area contributed by atoms with Crippen LogP contribution < -0.4 is 10.6 Å². The van der Waals surface area contributed by atoms with Gasteiger partial charge in [-0.1, -0.05) is 0 Å². The molecule has 1 aliphatic carbocycles. The van der Waals surface area contributed by atoms with E-state index in [1.54, 1.807) is 0 Å². The maximum Gasteiger partial charge on any atom is 0.410 e. The Bertz CT molecular complexity index is 1020. The highest BCUT2D eigenvalue weighted by Gasteiger charge is 2.41. The highest BCUT2D eigenvalue weighted by molar-refractivity contribution is 7.19. The van der Waals surface area contributed by atoms with Crippen LogP contribution in [0.3, 0.4) is 0 Å². The first kappa shape index (κ1) is 21.8. The lowest BCUT2D eigenvalue weighted by Crippen LogP contribution is -2.50. The number of rotatable bonds is 4. The highest BCUT2D eigenvalue weighted by Crippen LogP contribution is 2.38. The number of carbonyl (C=O) groups is 2. The van der Waals surface area contributed by atoms with Gasteiger partial charge in [0.25, 0.3) is 5.91 Å². The molecule has 0 bridgehead atoms. The van der Waals surface area contributed by atoms with Gasteiger partial charge in [0, 0.05) is 31.2 Å². The molecule has 31 heavy (non-hydrogen) atoms. The van der Waals surface area contributed by atoms with Crippen molar-refractivity contribution in [3.63, 3.8) is 0 Å². The lowest BCUT2D eigenvalue weighted by atomic mass is 10.0. The Morgan fingerprint density at radius 1 is 1.23 bits per heavy atom. The third-order valence-electron chi connectivity index (χ3n) is 5.70. The van der Waals surface area contributed by atoms with Gasteiger partial charge in [0.05, 0.1) is 21.0 Å². The molecule has 2 aromatic rings. The van der Waals surface area contributed by atoms with E-state index in [-0.39, 0.29) is 23.7 Å². The minimum atomic E-state index is -0.783. The number of halogens is 1. The molecule has 2 fully saturated rings. The molecule has 0 unspecified atom stereocenters. The van der Waals surface area contributed by atoms with Crippen LogP contribution in [0.2, 0.25) is 0 Å². The maximum atomic E-state index is 14.8. The zero-order valence-corrected chi connectivity index (χ0v) is 19.2. The zero-order chi connectivity index (χ0) is 22.5. The second-order valence-corrected chi connectivity index (χ2v) is 10.6. The molecule has 168 valence electrons. The Morgan fingerprint density at radius 3 is 2.39 bits per heavy atom. The van der Waals surface area contributed by atoms with Crippen LogP contribution in [0.4, 0.5) is 14.9 Å². The van der Waals surface area contributed by atoms with Crippen molar-refractivity contribution in [2.45, 2.75) is 71.1 Å². The number of nitrogens with two attached hydrogens (primary N) is 1. The topological polar surface area (TPSA) is 88.8 Å². The second kappa shape index (κ2) is 7.93. The van der Waals surface area contributed by atoms with E-state index in [0.29, 0.717) is 29.0 Å². The standard InChI is InChI=1S/C22H29FN4O3S/c1-12-25-18-16(11-15(23)17(20(24)28)19(18)31-12)26-9-7-14(8-10-26)27(13-5-6-13)21(29)30-22(2,3)4/h11,13-14H,5-10H2,1-4H3,(H2,24,28). The molecule has 1 aliphatic heterocycles. The molecule has 2 N–H and O–H groups in total. The van der Waals surface area contributed by atoms with E-state index in [4.69, 9.17) is 10.5 Å². The summed E-state index contributed by atoms with van der Waals surface area (Å²) in [6, 6.07) is 1.72. The molecular weight excluding hydrogens is 419 g/mol. The Labute approximate surface area is 185 Å². The first-order chi connectivity index (χ1) is 14.5. The van der Waals surface area contributed by atoms with Gasteiger partial charge >= 0.3 is 6.09 Å². The van der Waals surface area contributed by atoms with Crippen molar-refractivity contribution in [1.29, 1.82) is 0 Å². The number of aryl methyl sites for hydroxylation is 1. The van der Waals surface area contributed by atoms with Gasteiger partial charge in [0.1, 0.15) is 16.9 Å². The van der Waals surface area contributed by atoms with Crippen molar-refractivity contribution in [3.8, 4) is 0 Å². The summed E-state index contributed by atoms with van der Waals surface area (Å²) < 4.78 is 20.9. The average molecular weight is 449 g/mol. The van der Waals surface area contributed by atoms with E-state index in [1.165, 1.54) is 17.4 Å². The summed E-state index contributed by atoms with van der Waals surface area (Å²) in [6.07, 6.45) is 3.30. The van der Waals surface area contributed by atoms with E-state index in [0.717, 1.165) is 30.7 Å². The smallest absolute Gasteiger partial charge is 0.410 e. The zero-order valence-electron chi connectivity index (χ0n) is 18.4. The van der Waals surface area contributed by atoms with Crippen molar-refractivity contribution in [2.75, 3.05) is 18.0 Å². The van der Waals surface area contributed by atoms with Gasteiger partial charge in [-0.3, -0.25) is 4.79 Å². The molecule has 1 aromatic heterocycles. The van der Waals surface area contributed by atoms with Gasteiger partial charge in [-0.2, -0.15) is 0 Å². The van der Waals surface area contributed by atoms with Crippen LogP contribution in [0.5, 0.6) is 0 Å². The molecule has 1 saturated heterocycles. The van der Waals surface area contributed by atoms with Gasteiger partial charge in [-0.05, 0) is 53.4 Å². The number of aromatic nitrogens is 1. The number of ether oxygens (including phenoxy) is 1. The lowest BCUT2D eigenvalue weighted by molar-refractivity contribution is 0.0114. The van der Waals surface area contributed by atoms with E-state index < -0.39 is 17.3 Å². The third kappa shape index (κ3) is 4.46. The van der Waals surface area contributed by atoms with Gasteiger partial charge in [0.15, 0.2) is 0 Å². The number of thiazole rings is 1. The number of hydrogen-bond donors (Lipinski definition) is 1. The summed E-state index contributed by atoms with van der Waals surface area (Å²) in [5.74, 6) is -1.40. The van der Waals surface area contributed by atoms with Crippen molar-refractivity contribution in [3.05, 3.63) is 22.5 Å². The monoisotopic (exact) mass is 448 g/mol. The van der Waals surface area contributed by atoms with Gasteiger partial charge in [-0.25, -0.2) is 14.2 Å². The summed E-state index contributed by atoms with van der Waals surface area (Å²) in [7, 11) is 0. The van der Waals surface area contributed by atoms with Crippen molar-refractivity contribution in [1.82, 2.24) is 9.88 Å². The lowest BCUT2D eigenvalue weighted by Gasteiger charge is -2.40.